The summed E-state index contributed by atoms with van der Waals surface area (Å²) in [6.07, 6.45) is 3.47. The minimum absolute atomic E-state index is 0.0281. The molecule has 0 aliphatic carbocycles. The van der Waals surface area contributed by atoms with Crippen molar-refractivity contribution in [1.82, 2.24) is 20.0 Å². The van der Waals surface area contributed by atoms with Gasteiger partial charge in [-0.25, -0.2) is 0 Å². The molecule has 7 heteroatoms. The average molecular weight is 334 g/mol. The number of likely N-dealkylation sites (tertiary alicyclic amines) is 1. The van der Waals surface area contributed by atoms with E-state index >= 15 is 0 Å². The molecule has 0 aromatic carbocycles. The van der Waals surface area contributed by atoms with Gasteiger partial charge in [-0.2, -0.15) is 5.10 Å². The van der Waals surface area contributed by atoms with Gasteiger partial charge in [-0.15, -0.1) is 0 Å². The molecule has 3 rings (SSSR count). The zero-order chi connectivity index (χ0) is 17.3. The van der Waals surface area contributed by atoms with E-state index in [1.807, 2.05) is 18.7 Å². The first kappa shape index (κ1) is 17.0. The maximum absolute atomic E-state index is 12.1. The van der Waals surface area contributed by atoms with Crippen LogP contribution in [0.1, 0.15) is 37.2 Å². The molecule has 0 bridgehead atoms. The van der Waals surface area contributed by atoms with Crippen molar-refractivity contribution in [3.05, 3.63) is 18.0 Å². The Kier molecular flexibility index (Phi) is 4.62. The van der Waals surface area contributed by atoms with Crippen LogP contribution in [-0.4, -0.2) is 58.3 Å². The summed E-state index contributed by atoms with van der Waals surface area (Å²) < 4.78 is 7.54. The van der Waals surface area contributed by atoms with E-state index in [9.17, 15) is 9.59 Å². The Balaban J connectivity index is 1.48. The van der Waals surface area contributed by atoms with Crippen molar-refractivity contribution >= 4 is 11.8 Å². The Hall–Kier alpha value is -1.89. The lowest BCUT2D eigenvalue weighted by atomic mass is 9.78. The molecule has 1 aromatic heterocycles. The number of ether oxygens (including phenoxy) is 1. The monoisotopic (exact) mass is 334 g/mol. The molecule has 1 spiro atoms. The third kappa shape index (κ3) is 3.05. The third-order valence-corrected chi connectivity index (χ3v) is 5.15. The molecule has 2 saturated heterocycles. The summed E-state index contributed by atoms with van der Waals surface area (Å²) in [5, 5.41) is 6.96. The molecule has 2 fully saturated rings. The van der Waals surface area contributed by atoms with Gasteiger partial charge in [-0.05, 0) is 24.8 Å². The predicted molar refractivity (Wildman–Crippen MR) is 88.4 cm³/mol. The zero-order valence-electron chi connectivity index (χ0n) is 14.6. The lowest BCUT2D eigenvalue weighted by Gasteiger charge is -2.50. The first-order chi connectivity index (χ1) is 11.4. The minimum Gasteiger partial charge on any atom is -0.371 e. The van der Waals surface area contributed by atoms with Crippen molar-refractivity contribution in [2.75, 3.05) is 26.2 Å². The van der Waals surface area contributed by atoms with Crippen LogP contribution in [0.15, 0.2) is 12.3 Å². The molecule has 1 atom stereocenters. The van der Waals surface area contributed by atoms with Crippen LogP contribution in [0.25, 0.3) is 0 Å². The molecule has 2 amide bonds. The summed E-state index contributed by atoms with van der Waals surface area (Å²) in [5.41, 5.74) is 0.367. The van der Waals surface area contributed by atoms with E-state index in [0.717, 1.165) is 19.4 Å². The van der Waals surface area contributed by atoms with Gasteiger partial charge in [0, 0.05) is 32.3 Å². The van der Waals surface area contributed by atoms with Crippen LogP contribution in [0.5, 0.6) is 0 Å². The number of nitrogens with zero attached hydrogens (tertiary/aromatic N) is 3. The smallest absolute Gasteiger partial charge is 0.269 e. The molecule has 2 aliphatic heterocycles. The normalized spacial score (nSPS) is 22.0. The van der Waals surface area contributed by atoms with Crippen molar-refractivity contribution in [3.63, 3.8) is 0 Å². The highest BCUT2D eigenvalue weighted by atomic mass is 16.5. The van der Waals surface area contributed by atoms with Gasteiger partial charge < -0.3 is 15.0 Å². The Labute approximate surface area is 142 Å². The molecule has 2 aliphatic rings. The third-order valence-electron chi connectivity index (χ3n) is 5.15. The number of nitrogens with one attached hydrogen (secondary N) is 1. The number of hydrogen-bond donors (Lipinski definition) is 1. The number of hydrogen-bond acceptors (Lipinski definition) is 4. The first-order valence-corrected chi connectivity index (χ1v) is 8.62. The van der Waals surface area contributed by atoms with E-state index in [1.54, 1.807) is 24.0 Å². The van der Waals surface area contributed by atoms with E-state index in [4.69, 9.17) is 4.74 Å². The standard InChI is InChI=1S/C17H26N4O3/c1-12(2)16(23)21-10-17(11-21)13(6-9-24-17)4-7-18-15(22)14-5-8-19-20(14)3/h5,8,12-13H,4,6-7,9-11H2,1-3H3,(H,18,22)/t13-/m0/s1. The molecular formula is C17H26N4O3. The van der Waals surface area contributed by atoms with E-state index < -0.39 is 0 Å². The lowest BCUT2D eigenvalue weighted by molar-refractivity contribution is -0.168. The van der Waals surface area contributed by atoms with Gasteiger partial charge in [0.25, 0.3) is 5.91 Å². The summed E-state index contributed by atoms with van der Waals surface area (Å²) >= 11 is 0. The number of aryl methyl sites for hydroxylation is 1. The fourth-order valence-corrected chi connectivity index (χ4v) is 3.71. The van der Waals surface area contributed by atoms with Crippen LogP contribution >= 0.6 is 0 Å². The molecule has 1 aromatic rings. The molecule has 1 N–H and O–H groups in total. The van der Waals surface area contributed by atoms with Gasteiger partial charge in [0.05, 0.1) is 13.1 Å². The van der Waals surface area contributed by atoms with Gasteiger partial charge in [0.1, 0.15) is 11.3 Å². The van der Waals surface area contributed by atoms with E-state index in [0.29, 0.717) is 31.2 Å². The average Bonchev–Trinajstić information content (AvgIpc) is 3.11. The van der Waals surface area contributed by atoms with Crippen LogP contribution in [0.2, 0.25) is 0 Å². The second-order valence-corrected chi connectivity index (χ2v) is 7.13. The van der Waals surface area contributed by atoms with Crippen LogP contribution in [0.3, 0.4) is 0 Å². The summed E-state index contributed by atoms with van der Waals surface area (Å²) in [5.74, 6) is 0.508. The first-order valence-electron chi connectivity index (χ1n) is 8.62. The SMILES string of the molecule is CC(C)C(=O)N1CC2(C1)OCC[C@@H]2CCNC(=O)c1ccnn1C. The van der Waals surface area contributed by atoms with Crippen molar-refractivity contribution in [2.45, 2.75) is 32.3 Å². The second kappa shape index (κ2) is 6.55. The van der Waals surface area contributed by atoms with E-state index in [1.165, 1.54) is 0 Å². The number of aromatic nitrogens is 2. The highest BCUT2D eigenvalue weighted by Crippen LogP contribution is 2.41. The Morgan fingerprint density at radius 2 is 2.21 bits per heavy atom. The van der Waals surface area contributed by atoms with Crippen LogP contribution in [-0.2, 0) is 16.6 Å². The van der Waals surface area contributed by atoms with Gasteiger partial charge in [0.2, 0.25) is 5.91 Å². The quantitative estimate of drug-likeness (QED) is 0.865. The highest BCUT2D eigenvalue weighted by molar-refractivity contribution is 5.92. The molecule has 7 nitrogen and oxygen atoms in total. The van der Waals surface area contributed by atoms with Gasteiger partial charge in [0.15, 0.2) is 0 Å². The Morgan fingerprint density at radius 3 is 2.83 bits per heavy atom. The summed E-state index contributed by atoms with van der Waals surface area (Å²) in [6, 6.07) is 1.71. The van der Waals surface area contributed by atoms with Gasteiger partial charge in [-0.1, -0.05) is 13.8 Å². The van der Waals surface area contributed by atoms with Crippen LogP contribution in [0, 0.1) is 11.8 Å². The molecule has 132 valence electrons. The fraction of sp³-hybridized carbons (Fsp3) is 0.706. The Bertz CT molecular complexity index is 619. The van der Waals surface area contributed by atoms with Crippen molar-refractivity contribution in [3.8, 4) is 0 Å². The predicted octanol–water partition coefficient (Wildman–Crippen LogP) is 0.813. The molecule has 3 heterocycles. The zero-order valence-corrected chi connectivity index (χ0v) is 14.6. The van der Waals surface area contributed by atoms with E-state index in [2.05, 4.69) is 10.4 Å². The number of carbonyl (C=O) groups excluding carboxylic acids is 2. The van der Waals surface area contributed by atoms with Crippen molar-refractivity contribution < 1.29 is 14.3 Å². The maximum atomic E-state index is 12.1. The van der Waals surface area contributed by atoms with Crippen molar-refractivity contribution in [1.29, 1.82) is 0 Å². The largest absolute Gasteiger partial charge is 0.371 e. The Morgan fingerprint density at radius 1 is 1.46 bits per heavy atom. The summed E-state index contributed by atoms with van der Waals surface area (Å²) in [6.45, 7) is 6.57. The number of carbonyl (C=O) groups is 2. The molecule has 0 unspecified atom stereocenters. The highest BCUT2D eigenvalue weighted by Gasteiger charge is 2.54. The summed E-state index contributed by atoms with van der Waals surface area (Å²) in [4.78, 5) is 26.0. The minimum atomic E-state index is -0.193. The molecule has 0 radical (unpaired) electrons. The van der Waals surface area contributed by atoms with Gasteiger partial charge >= 0.3 is 0 Å². The number of rotatable bonds is 5. The molecular weight excluding hydrogens is 308 g/mol. The lowest BCUT2D eigenvalue weighted by Crippen LogP contribution is -2.66. The van der Waals surface area contributed by atoms with Crippen LogP contribution < -0.4 is 5.32 Å². The van der Waals surface area contributed by atoms with E-state index in [-0.39, 0.29) is 23.3 Å². The van der Waals surface area contributed by atoms with Crippen molar-refractivity contribution in [2.24, 2.45) is 18.9 Å². The second-order valence-electron chi connectivity index (χ2n) is 7.13. The summed E-state index contributed by atoms with van der Waals surface area (Å²) in [7, 11) is 1.75. The van der Waals surface area contributed by atoms with Crippen LogP contribution in [0.4, 0.5) is 0 Å². The maximum Gasteiger partial charge on any atom is 0.269 e. The number of amides is 2. The molecule has 24 heavy (non-hydrogen) atoms. The molecule has 0 saturated carbocycles. The van der Waals surface area contributed by atoms with Gasteiger partial charge in [-0.3, -0.25) is 14.3 Å². The fourth-order valence-electron chi connectivity index (χ4n) is 3.71. The topological polar surface area (TPSA) is 76.5 Å².